The number of carbonyl (C=O) groups is 3. The summed E-state index contributed by atoms with van der Waals surface area (Å²) in [5, 5.41) is 0. The van der Waals surface area contributed by atoms with Crippen molar-refractivity contribution in [3.63, 3.8) is 0 Å². The Morgan fingerprint density at radius 2 is 0.476 bits per heavy atom. The van der Waals surface area contributed by atoms with E-state index >= 15 is 0 Å². The highest BCUT2D eigenvalue weighted by molar-refractivity contribution is 5.71. The van der Waals surface area contributed by atoms with Gasteiger partial charge in [0.2, 0.25) is 0 Å². The fourth-order valence-corrected chi connectivity index (χ4v) is 10.4. The molecular weight excluding hydrogens is 1010 g/mol. The van der Waals surface area contributed by atoms with Crippen molar-refractivity contribution in [2.45, 2.75) is 367 Å². The summed E-state index contributed by atoms with van der Waals surface area (Å²) in [5.74, 6) is -0.883. The van der Waals surface area contributed by atoms with Gasteiger partial charge in [-0.3, -0.25) is 14.4 Å². The van der Waals surface area contributed by atoms with Gasteiger partial charge < -0.3 is 14.2 Å². The second-order valence-corrected chi connectivity index (χ2v) is 23.7. The van der Waals surface area contributed by atoms with E-state index < -0.39 is 6.10 Å². The van der Waals surface area contributed by atoms with Crippen LogP contribution in [0.2, 0.25) is 0 Å². The van der Waals surface area contributed by atoms with Crippen LogP contribution < -0.4 is 0 Å². The Hall–Kier alpha value is -3.41. The van der Waals surface area contributed by atoms with E-state index in [1.165, 1.54) is 199 Å². The summed E-state index contributed by atoms with van der Waals surface area (Å²) in [4.78, 5) is 38.5. The summed E-state index contributed by atoms with van der Waals surface area (Å²) in [6.45, 7) is 6.45. The molecule has 0 aromatic heterocycles. The Kier molecular flexibility index (Phi) is 67.2. The molecule has 82 heavy (non-hydrogen) atoms. The summed E-state index contributed by atoms with van der Waals surface area (Å²) >= 11 is 0. The molecule has 6 nitrogen and oxygen atoms in total. The minimum absolute atomic E-state index is 0.0806. The van der Waals surface area contributed by atoms with Gasteiger partial charge in [0.15, 0.2) is 6.10 Å². The molecule has 0 aliphatic carbocycles. The molecule has 0 spiro atoms. The first kappa shape index (κ1) is 78.6. The summed E-state index contributed by atoms with van der Waals surface area (Å²) in [6.07, 6.45) is 93.3. The molecule has 0 fully saturated rings. The van der Waals surface area contributed by atoms with Crippen LogP contribution in [0.15, 0.2) is 85.1 Å². The van der Waals surface area contributed by atoms with E-state index in [2.05, 4.69) is 106 Å². The van der Waals surface area contributed by atoms with Crippen LogP contribution in [-0.4, -0.2) is 37.2 Å². The van der Waals surface area contributed by atoms with Gasteiger partial charge in [-0.25, -0.2) is 0 Å². The molecule has 1 unspecified atom stereocenters. The molecule has 0 saturated heterocycles. The number of unbranched alkanes of at least 4 members (excludes halogenated alkanes) is 40. The second kappa shape index (κ2) is 70.1. The van der Waals surface area contributed by atoms with E-state index in [-0.39, 0.29) is 31.1 Å². The van der Waals surface area contributed by atoms with Gasteiger partial charge in [-0.05, 0) is 89.9 Å². The molecule has 0 aromatic carbocycles. The van der Waals surface area contributed by atoms with E-state index in [1.54, 1.807) is 0 Å². The predicted molar refractivity (Wildman–Crippen MR) is 358 cm³/mol. The first-order valence-corrected chi connectivity index (χ1v) is 35.6. The van der Waals surface area contributed by atoms with E-state index in [4.69, 9.17) is 14.2 Å². The zero-order valence-electron chi connectivity index (χ0n) is 54.5. The van der Waals surface area contributed by atoms with Gasteiger partial charge in [0.25, 0.3) is 0 Å². The zero-order valence-corrected chi connectivity index (χ0v) is 54.5. The lowest BCUT2D eigenvalue weighted by atomic mass is 10.0. The van der Waals surface area contributed by atoms with E-state index in [0.717, 1.165) is 122 Å². The first-order valence-electron chi connectivity index (χ1n) is 35.6. The highest BCUT2D eigenvalue weighted by Gasteiger charge is 2.19. The minimum atomic E-state index is -0.787. The zero-order chi connectivity index (χ0) is 59.2. The number of esters is 3. The van der Waals surface area contributed by atoms with Crippen molar-refractivity contribution in [3.05, 3.63) is 85.1 Å². The van der Waals surface area contributed by atoms with Gasteiger partial charge in [0.1, 0.15) is 13.2 Å². The topological polar surface area (TPSA) is 78.9 Å². The molecular formula is C76H134O6. The van der Waals surface area contributed by atoms with E-state index in [9.17, 15) is 14.4 Å². The molecule has 0 radical (unpaired) electrons. The minimum Gasteiger partial charge on any atom is -0.462 e. The Bertz CT molecular complexity index is 1550. The smallest absolute Gasteiger partial charge is 0.306 e. The molecule has 0 aromatic rings. The normalized spacial score (nSPS) is 12.6. The SMILES string of the molecule is CC/C=C\C/C=C\C/C=C\C/C=C\CCCCCCCCCCCCC(=O)OC(COC(=O)CCCCCCC/C=C\C/C=C\C/C=C\CC)COC(=O)CCCCCCCCCCCCCCCCCCCCCCCCCCCC. The lowest BCUT2D eigenvalue weighted by molar-refractivity contribution is -0.167. The summed E-state index contributed by atoms with van der Waals surface area (Å²) in [5.41, 5.74) is 0. The summed E-state index contributed by atoms with van der Waals surface area (Å²) in [7, 11) is 0. The second-order valence-electron chi connectivity index (χ2n) is 23.7. The fraction of sp³-hybridized carbons (Fsp3) is 0.776. The molecule has 6 heteroatoms. The highest BCUT2D eigenvalue weighted by Crippen LogP contribution is 2.18. The lowest BCUT2D eigenvalue weighted by Gasteiger charge is -2.18. The van der Waals surface area contributed by atoms with Crippen molar-refractivity contribution < 1.29 is 28.6 Å². The molecule has 0 rings (SSSR count). The van der Waals surface area contributed by atoms with Crippen molar-refractivity contribution in [1.29, 1.82) is 0 Å². The van der Waals surface area contributed by atoms with E-state index in [1.807, 2.05) is 0 Å². The Morgan fingerprint density at radius 3 is 0.744 bits per heavy atom. The van der Waals surface area contributed by atoms with Crippen LogP contribution >= 0.6 is 0 Å². The number of hydrogen-bond donors (Lipinski definition) is 0. The average molecular weight is 1140 g/mol. The van der Waals surface area contributed by atoms with Crippen LogP contribution in [0.3, 0.4) is 0 Å². The highest BCUT2D eigenvalue weighted by atomic mass is 16.6. The van der Waals surface area contributed by atoms with Crippen molar-refractivity contribution in [3.8, 4) is 0 Å². The molecule has 0 amide bonds. The average Bonchev–Trinajstić information content (AvgIpc) is 3.47. The third-order valence-corrected chi connectivity index (χ3v) is 15.6. The van der Waals surface area contributed by atoms with Crippen LogP contribution in [0.4, 0.5) is 0 Å². The van der Waals surface area contributed by atoms with Crippen LogP contribution in [-0.2, 0) is 28.6 Å². The molecule has 0 heterocycles. The number of rotatable bonds is 65. The van der Waals surface area contributed by atoms with Crippen LogP contribution in [0.25, 0.3) is 0 Å². The van der Waals surface area contributed by atoms with Gasteiger partial charge >= 0.3 is 17.9 Å². The molecule has 0 aliphatic rings. The summed E-state index contributed by atoms with van der Waals surface area (Å²) in [6, 6.07) is 0. The fourth-order valence-electron chi connectivity index (χ4n) is 10.4. The molecule has 0 aliphatic heterocycles. The van der Waals surface area contributed by atoms with Crippen molar-refractivity contribution >= 4 is 17.9 Å². The lowest BCUT2D eigenvalue weighted by Crippen LogP contribution is -2.30. The number of ether oxygens (including phenoxy) is 3. The van der Waals surface area contributed by atoms with Crippen molar-refractivity contribution in [1.82, 2.24) is 0 Å². The van der Waals surface area contributed by atoms with Gasteiger partial charge in [0.05, 0.1) is 0 Å². The number of carbonyl (C=O) groups excluding carboxylic acids is 3. The Morgan fingerprint density at radius 1 is 0.256 bits per heavy atom. The summed E-state index contributed by atoms with van der Waals surface area (Å²) < 4.78 is 17.0. The molecule has 0 bridgehead atoms. The molecule has 0 N–H and O–H groups in total. The van der Waals surface area contributed by atoms with Gasteiger partial charge in [-0.2, -0.15) is 0 Å². The Balaban J connectivity index is 4.29. The van der Waals surface area contributed by atoms with Crippen molar-refractivity contribution in [2.24, 2.45) is 0 Å². The monoisotopic (exact) mass is 1140 g/mol. The van der Waals surface area contributed by atoms with Gasteiger partial charge in [-0.15, -0.1) is 0 Å². The molecule has 474 valence electrons. The first-order chi connectivity index (χ1) is 40.5. The van der Waals surface area contributed by atoms with E-state index in [0.29, 0.717) is 19.3 Å². The third-order valence-electron chi connectivity index (χ3n) is 15.6. The maximum absolute atomic E-state index is 13.0. The quantitative estimate of drug-likeness (QED) is 0.0261. The molecule has 0 saturated carbocycles. The van der Waals surface area contributed by atoms with Crippen LogP contribution in [0.1, 0.15) is 361 Å². The standard InChI is InChI=1S/C76H134O6/c1-4-7-10-13-16-19-22-25-28-30-32-34-36-37-38-40-41-43-45-48-51-54-57-60-63-66-69-75(78)81-72-73(71-80-74(77)68-65-62-59-56-53-50-47-27-24-21-18-15-12-9-6-3)82-76(79)70-67-64-61-58-55-52-49-46-44-42-39-35-33-31-29-26-23-20-17-14-11-8-5-2/h8-9,11-12,17-18,20-21,26-27,29,33,35,47,73H,4-7,10,13-16,19,22-25,28,30-32,34,36-46,48-72H2,1-3H3/b11-8-,12-9-,20-17-,21-18-,29-26-,35-33-,47-27-. The number of hydrogen-bond acceptors (Lipinski definition) is 6. The Labute approximate surface area is 509 Å². The van der Waals surface area contributed by atoms with Gasteiger partial charge in [-0.1, -0.05) is 337 Å². The number of allylic oxidation sites excluding steroid dienone is 14. The van der Waals surface area contributed by atoms with Gasteiger partial charge in [0, 0.05) is 19.3 Å². The largest absolute Gasteiger partial charge is 0.462 e. The third kappa shape index (κ3) is 67.4. The maximum atomic E-state index is 13.0. The molecule has 1 atom stereocenters. The van der Waals surface area contributed by atoms with Crippen LogP contribution in [0, 0.1) is 0 Å². The van der Waals surface area contributed by atoms with Crippen LogP contribution in [0.5, 0.6) is 0 Å². The maximum Gasteiger partial charge on any atom is 0.306 e. The predicted octanol–water partition coefficient (Wildman–Crippen LogP) is 24.6. The van der Waals surface area contributed by atoms with Crippen molar-refractivity contribution in [2.75, 3.05) is 13.2 Å².